The Labute approximate surface area is 256 Å². The van der Waals surface area contributed by atoms with Crippen molar-refractivity contribution in [1.29, 1.82) is 5.41 Å². The van der Waals surface area contributed by atoms with E-state index in [1.54, 1.807) is 48.7 Å². The highest BCUT2D eigenvalue weighted by Gasteiger charge is 2.54. The zero-order valence-electron chi connectivity index (χ0n) is 24.1. The number of primary amides is 1. The first-order chi connectivity index (χ1) is 20.8. The van der Waals surface area contributed by atoms with Crippen molar-refractivity contribution in [2.75, 3.05) is 6.61 Å². The molecule has 0 bridgehead atoms. The topological polar surface area (TPSA) is 155 Å². The molecule has 3 heterocycles. The first-order valence-electron chi connectivity index (χ1n) is 13.6. The second kappa shape index (κ2) is 11.7. The number of nitrogens with zero attached hydrogens (tertiary/aromatic N) is 4. The highest BCUT2D eigenvalue weighted by atomic mass is 35.5. The largest absolute Gasteiger partial charge is 0.447 e. The summed E-state index contributed by atoms with van der Waals surface area (Å²) in [5.41, 5.74) is 6.91. The minimum absolute atomic E-state index is 0.198. The van der Waals surface area contributed by atoms with Gasteiger partial charge in [0.2, 0.25) is 0 Å². The highest BCUT2D eigenvalue weighted by Crippen LogP contribution is 2.43. The summed E-state index contributed by atoms with van der Waals surface area (Å²) < 4.78 is 31.9. The molecule has 1 aliphatic rings. The number of benzene rings is 2. The molecule has 11 nitrogen and oxygen atoms in total. The summed E-state index contributed by atoms with van der Waals surface area (Å²) in [5.74, 6) is -0.638. The lowest BCUT2D eigenvalue weighted by atomic mass is 9.75. The van der Waals surface area contributed by atoms with Gasteiger partial charge in [-0.05, 0) is 40.7 Å². The van der Waals surface area contributed by atoms with Gasteiger partial charge in [0.1, 0.15) is 12.1 Å². The molecule has 230 valence electrons. The smallest absolute Gasteiger partial charge is 0.404 e. The van der Waals surface area contributed by atoms with Crippen LogP contribution < -0.4 is 11.1 Å². The van der Waals surface area contributed by atoms with E-state index in [4.69, 9.17) is 27.5 Å². The molecule has 5 N–H and O–H groups in total. The van der Waals surface area contributed by atoms with Crippen LogP contribution in [-0.2, 0) is 15.1 Å². The number of carbonyl (C=O) groups is 2. The summed E-state index contributed by atoms with van der Waals surface area (Å²) in [6.07, 6.45) is 5.02. The van der Waals surface area contributed by atoms with Crippen molar-refractivity contribution in [2.45, 2.75) is 45.3 Å². The van der Waals surface area contributed by atoms with Crippen LogP contribution in [0.4, 0.5) is 13.6 Å². The third-order valence-corrected chi connectivity index (χ3v) is 7.64. The number of aromatic nitrogens is 4. The molecule has 0 aliphatic carbocycles. The highest BCUT2D eigenvalue weighted by molar-refractivity contribution is 6.33. The number of hydrogen-bond donors (Lipinski definition) is 4. The fraction of sp³-hybridized carbons (Fsp3) is 0.300. The van der Waals surface area contributed by atoms with Crippen LogP contribution in [0.15, 0.2) is 67.4 Å². The summed E-state index contributed by atoms with van der Waals surface area (Å²) in [7, 11) is 0. The summed E-state index contributed by atoms with van der Waals surface area (Å²) in [6.45, 7) is 2.84. The molecule has 0 unspecified atom stereocenters. The van der Waals surface area contributed by atoms with Gasteiger partial charge in [-0.2, -0.15) is 13.9 Å². The Balaban J connectivity index is 1.56. The van der Waals surface area contributed by atoms with Crippen LogP contribution in [0, 0.1) is 10.8 Å². The third-order valence-electron chi connectivity index (χ3n) is 7.31. The van der Waals surface area contributed by atoms with E-state index >= 15 is 0 Å². The second-order valence-electron chi connectivity index (χ2n) is 11.7. The zero-order valence-corrected chi connectivity index (χ0v) is 24.9. The maximum atomic E-state index is 14.6. The van der Waals surface area contributed by atoms with Gasteiger partial charge >= 0.3 is 12.6 Å². The van der Waals surface area contributed by atoms with Gasteiger partial charge in [-0.1, -0.05) is 62.7 Å². The van der Waals surface area contributed by atoms with Crippen molar-refractivity contribution in [3.63, 3.8) is 0 Å². The minimum atomic E-state index is -2.77. The second-order valence-corrected chi connectivity index (χ2v) is 12.1. The van der Waals surface area contributed by atoms with Crippen molar-refractivity contribution in [1.82, 2.24) is 30.0 Å². The van der Waals surface area contributed by atoms with Gasteiger partial charge < -0.3 is 20.8 Å². The number of nitrogens with two attached hydrogens (primary N) is 1. The monoisotopic (exact) mass is 624 g/mol. The third kappa shape index (κ3) is 6.00. The summed E-state index contributed by atoms with van der Waals surface area (Å²) >= 11 is 6.47. The number of rotatable bonds is 9. The zero-order chi connectivity index (χ0) is 31.8. The molecule has 44 heavy (non-hydrogen) atoms. The van der Waals surface area contributed by atoms with Crippen LogP contribution in [0.25, 0.3) is 22.4 Å². The van der Waals surface area contributed by atoms with Crippen LogP contribution >= 0.6 is 11.6 Å². The SMILES string of the molecule is CC(C)(C)C[C@]1(c2ccc(-c3cnn(C(F)F)c3)cc2)NC(=N)N([C@H](COC(N)=O)c2ccc(Cl)c(-c3c[nH]cn3)c2)C1=O. The van der Waals surface area contributed by atoms with Gasteiger partial charge in [0, 0.05) is 23.5 Å². The molecular formula is C30H31ClF2N8O3. The van der Waals surface area contributed by atoms with Gasteiger partial charge in [0.05, 0.1) is 29.3 Å². The number of guanidine groups is 1. The lowest BCUT2D eigenvalue weighted by Gasteiger charge is -2.35. The molecule has 1 fully saturated rings. The van der Waals surface area contributed by atoms with Crippen molar-refractivity contribution < 1.29 is 23.1 Å². The number of ether oxygens (including phenoxy) is 1. The Hall–Kier alpha value is -4.78. The van der Waals surface area contributed by atoms with Crippen LogP contribution in [0.2, 0.25) is 5.02 Å². The molecule has 1 aliphatic heterocycles. The molecule has 0 saturated carbocycles. The lowest BCUT2D eigenvalue weighted by molar-refractivity contribution is -0.134. The predicted octanol–water partition coefficient (Wildman–Crippen LogP) is 5.82. The molecule has 2 atom stereocenters. The molecular weight excluding hydrogens is 594 g/mol. The van der Waals surface area contributed by atoms with E-state index in [1.807, 2.05) is 20.8 Å². The fourth-order valence-electron chi connectivity index (χ4n) is 5.51. The molecule has 2 aromatic heterocycles. The number of alkyl halides is 2. The Morgan fingerprint density at radius 2 is 1.91 bits per heavy atom. The molecule has 0 radical (unpaired) electrons. The van der Waals surface area contributed by atoms with Crippen molar-refractivity contribution >= 4 is 29.6 Å². The minimum Gasteiger partial charge on any atom is -0.447 e. The van der Waals surface area contributed by atoms with E-state index in [1.165, 1.54) is 23.6 Å². The Morgan fingerprint density at radius 1 is 1.18 bits per heavy atom. The average molecular weight is 625 g/mol. The predicted molar refractivity (Wildman–Crippen MR) is 160 cm³/mol. The maximum Gasteiger partial charge on any atom is 0.404 e. The number of nitrogens with one attached hydrogen (secondary N) is 3. The molecule has 1 saturated heterocycles. The Morgan fingerprint density at radius 3 is 2.50 bits per heavy atom. The molecule has 2 amide bonds. The summed E-state index contributed by atoms with van der Waals surface area (Å²) in [6, 6.07) is 11.0. The van der Waals surface area contributed by atoms with Gasteiger partial charge in [-0.3, -0.25) is 15.1 Å². The first-order valence-corrected chi connectivity index (χ1v) is 14.0. The van der Waals surface area contributed by atoms with Gasteiger partial charge in [0.25, 0.3) is 5.91 Å². The normalized spacial score (nSPS) is 17.7. The fourth-order valence-corrected chi connectivity index (χ4v) is 5.72. The van der Waals surface area contributed by atoms with E-state index in [9.17, 15) is 18.4 Å². The Bertz CT molecular complexity index is 1680. The Kier molecular flexibility index (Phi) is 8.17. The molecule has 4 aromatic rings. The van der Waals surface area contributed by atoms with Crippen molar-refractivity contribution in [3.8, 4) is 22.4 Å². The number of aromatic amines is 1. The summed E-state index contributed by atoms with van der Waals surface area (Å²) in [4.78, 5) is 34.7. The molecule has 2 aromatic carbocycles. The van der Waals surface area contributed by atoms with E-state index in [0.717, 1.165) is 0 Å². The number of imidazole rings is 1. The quantitative estimate of drug-likeness (QED) is 0.184. The van der Waals surface area contributed by atoms with Crippen LogP contribution in [0.3, 0.4) is 0 Å². The first kappa shape index (κ1) is 30.7. The maximum absolute atomic E-state index is 14.6. The van der Waals surface area contributed by atoms with E-state index in [0.29, 0.717) is 49.6 Å². The number of amides is 2. The van der Waals surface area contributed by atoms with Crippen LogP contribution in [-0.4, -0.2) is 49.2 Å². The summed E-state index contributed by atoms with van der Waals surface area (Å²) in [5, 5.41) is 16.2. The number of carbonyl (C=O) groups excluding carboxylic acids is 2. The van der Waals surface area contributed by atoms with E-state index in [2.05, 4.69) is 20.4 Å². The van der Waals surface area contributed by atoms with Gasteiger partial charge in [-0.25, -0.2) is 14.5 Å². The molecule has 14 heteroatoms. The number of hydrogen-bond acceptors (Lipinski definition) is 6. The van der Waals surface area contributed by atoms with Crippen LogP contribution in [0.1, 0.15) is 50.9 Å². The average Bonchev–Trinajstić information content (AvgIpc) is 3.71. The molecule has 5 rings (SSSR count). The van der Waals surface area contributed by atoms with Gasteiger partial charge in [-0.15, -0.1) is 0 Å². The van der Waals surface area contributed by atoms with E-state index < -0.39 is 30.1 Å². The number of halogens is 3. The van der Waals surface area contributed by atoms with Crippen molar-refractivity contribution in [3.05, 3.63) is 83.5 Å². The van der Waals surface area contributed by atoms with Crippen molar-refractivity contribution in [2.24, 2.45) is 11.1 Å². The van der Waals surface area contributed by atoms with Crippen LogP contribution in [0.5, 0.6) is 0 Å². The number of H-pyrrole nitrogens is 1. The van der Waals surface area contributed by atoms with E-state index in [-0.39, 0.29) is 18.0 Å². The lowest BCUT2D eigenvalue weighted by Crippen LogP contribution is -2.47. The molecule has 0 spiro atoms. The van der Waals surface area contributed by atoms with Gasteiger partial charge in [0.15, 0.2) is 5.96 Å². The standard InChI is InChI=1S/C30H31ClF2N8O3/c1-29(2,3)15-30(20-7-4-17(5-8-20)19-11-38-40(13-19)26(32)33)25(42)41(27(34)39-30)24(14-44-28(35)43)18-6-9-22(31)21(10-18)23-12-36-16-37-23/h4-13,16,24,26H,14-15H2,1-3H3,(H2,34,39)(H2,35,43)(H,36,37)/t24-,30-/m1/s1.